The van der Waals surface area contributed by atoms with Crippen molar-refractivity contribution in [2.24, 2.45) is 0 Å². The first-order valence-electron chi connectivity index (χ1n) is 8.37. The number of fused-ring (bicyclic) bond motifs is 1. The predicted molar refractivity (Wildman–Crippen MR) is 107 cm³/mol. The largest absolute Gasteiger partial charge is 0.268 e. The van der Waals surface area contributed by atoms with E-state index in [1.807, 2.05) is 42.5 Å². The molecule has 0 unspecified atom stereocenters. The number of hydrogen-bond donors (Lipinski definition) is 0. The van der Waals surface area contributed by atoms with Gasteiger partial charge in [0.1, 0.15) is 0 Å². The van der Waals surface area contributed by atoms with E-state index in [9.17, 15) is 4.79 Å². The lowest BCUT2D eigenvalue weighted by atomic mass is 10.1. The second-order valence-electron chi connectivity index (χ2n) is 6.08. The van der Waals surface area contributed by atoms with Crippen LogP contribution in [-0.4, -0.2) is 14.8 Å². The van der Waals surface area contributed by atoms with Crippen molar-refractivity contribution in [1.29, 1.82) is 0 Å². The van der Waals surface area contributed by atoms with Gasteiger partial charge in [-0.05, 0) is 52.2 Å². The molecule has 2 aromatic heterocycles. The van der Waals surface area contributed by atoms with Crippen molar-refractivity contribution >= 4 is 26.8 Å². The van der Waals surface area contributed by atoms with Gasteiger partial charge < -0.3 is 0 Å². The molecule has 128 valence electrons. The molecule has 0 N–H and O–H groups in total. The molecule has 0 fully saturated rings. The molecule has 26 heavy (non-hydrogen) atoms. The number of hydrogen-bond acceptors (Lipinski definition) is 3. The molecule has 0 bridgehead atoms. The Morgan fingerprint density at radius 3 is 2.65 bits per heavy atom. The number of aromatic nitrogens is 3. The van der Waals surface area contributed by atoms with E-state index in [2.05, 4.69) is 38.1 Å². The average molecular weight is 406 g/mol. The maximum Gasteiger partial charge on any atom is 0.266 e. The number of halogens is 1. The van der Waals surface area contributed by atoms with Crippen molar-refractivity contribution in [3.05, 3.63) is 93.3 Å². The van der Waals surface area contributed by atoms with Gasteiger partial charge in [-0.2, -0.15) is 5.10 Å². The zero-order valence-corrected chi connectivity index (χ0v) is 15.6. The molecule has 0 aliphatic carbocycles. The molecule has 0 aliphatic heterocycles. The minimum Gasteiger partial charge on any atom is -0.268 e. The molecule has 0 atom stereocenters. The Bertz CT molecular complexity index is 1120. The normalized spacial score (nSPS) is 11.0. The molecule has 2 aromatic carbocycles. The highest BCUT2D eigenvalue weighted by Gasteiger charge is 2.05. The van der Waals surface area contributed by atoms with Gasteiger partial charge in [0.05, 0.1) is 11.2 Å². The van der Waals surface area contributed by atoms with Crippen LogP contribution in [0.4, 0.5) is 0 Å². The lowest BCUT2D eigenvalue weighted by molar-refractivity contribution is 0.581. The van der Waals surface area contributed by atoms with Gasteiger partial charge in [-0.25, -0.2) is 4.68 Å². The third kappa shape index (κ3) is 3.58. The summed E-state index contributed by atoms with van der Waals surface area (Å²) in [5.41, 5.74) is 3.82. The molecular formula is C21H16BrN3O. The Labute approximate surface area is 159 Å². The van der Waals surface area contributed by atoms with E-state index in [0.29, 0.717) is 6.54 Å². The highest BCUT2D eigenvalue weighted by atomic mass is 79.9. The Kier molecular flexibility index (Phi) is 4.63. The van der Waals surface area contributed by atoms with Crippen LogP contribution < -0.4 is 5.56 Å². The Morgan fingerprint density at radius 1 is 0.962 bits per heavy atom. The summed E-state index contributed by atoms with van der Waals surface area (Å²) in [5.74, 6) is 0. The van der Waals surface area contributed by atoms with E-state index < -0.39 is 0 Å². The first-order valence-corrected chi connectivity index (χ1v) is 9.16. The number of aryl methyl sites for hydroxylation is 2. The summed E-state index contributed by atoms with van der Waals surface area (Å²) in [4.78, 5) is 16.6. The zero-order valence-electron chi connectivity index (χ0n) is 14.0. The van der Waals surface area contributed by atoms with Crippen molar-refractivity contribution < 1.29 is 0 Å². The third-order valence-electron chi connectivity index (χ3n) is 4.26. The molecule has 4 nitrogen and oxygen atoms in total. The number of benzene rings is 2. The fourth-order valence-electron chi connectivity index (χ4n) is 2.92. The van der Waals surface area contributed by atoms with Crippen LogP contribution in [0, 0.1) is 0 Å². The van der Waals surface area contributed by atoms with Crippen LogP contribution in [0.3, 0.4) is 0 Å². The lowest BCUT2D eigenvalue weighted by Crippen LogP contribution is -2.23. The first-order chi connectivity index (χ1) is 12.7. The van der Waals surface area contributed by atoms with Crippen LogP contribution in [-0.2, 0) is 13.0 Å². The SMILES string of the molecule is O=c1ccc(-c2ccccc2)nn1CCc1ccc2ncc(Br)cc2c1. The van der Waals surface area contributed by atoms with E-state index in [0.717, 1.165) is 38.6 Å². The summed E-state index contributed by atoms with van der Waals surface area (Å²) in [5, 5.41) is 5.60. The number of rotatable bonds is 4. The van der Waals surface area contributed by atoms with Crippen LogP contribution in [0.1, 0.15) is 5.56 Å². The number of pyridine rings is 1. The lowest BCUT2D eigenvalue weighted by Gasteiger charge is -2.08. The van der Waals surface area contributed by atoms with Crippen LogP contribution >= 0.6 is 15.9 Å². The predicted octanol–water partition coefficient (Wildman–Crippen LogP) is 4.46. The van der Waals surface area contributed by atoms with Crippen LogP contribution in [0.15, 0.2) is 82.2 Å². The van der Waals surface area contributed by atoms with Crippen molar-refractivity contribution in [3.8, 4) is 11.3 Å². The summed E-state index contributed by atoms with van der Waals surface area (Å²) in [6, 6.07) is 21.4. The van der Waals surface area contributed by atoms with Gasteiger partial charge in [0.2, 0.25) is 0 Å². The standard InChI is InChI=1S/C21H16BrN3O/c22-18-13-17-12-15(6-7-19(17)23-14-18)10-11-25-21(26)9-8-20(24-25)16-4-2-1-3-5-16/h1-9,12-14H,10-11H2. The van der Waals surface area contributed by atoms with Crippen molar-refractivity contribution in [2.45, 2.75) is 13.0 Å². The molecule has 0 radical (unpaired) electrons. The molecule has 2 heterocycles. The third-order valence-corrected chi connectivity index (χ3v) is 4.69. The van der Waals surface area contributed by atoms with E-state index in [-0.39, 0.29) is 5.56 Å². The minimum absolute atomic E-state index is 0.0881. The van der Waals surface area contributed by atoms with Gasteiger partial charge in [0.25, 0.3) is 5.56 Å². The molecular weight excluding hydrogens is 390 g/mol. The first kappa shape index (κ1) is 16.7. The number of nitrogens with zero attached hydrogens (tertiary/aromatic N) is 3. The second-order valence-corrected chi connectivity index (χ2v) is 6.99. The van der Waals surface area contributed by atoms with Gasteiger partial charge in [0, 0.05) is 34.2 Å². The summed E-state index contributed by atoms with van der Waals surface area (Å²) in [6.45, 7) is 0.534. The van der Waals surface area contributed by atoms with Gasteiger partial charge in [-0.3, -0.25) is 9.78 Å². The Morgan fingerprint density at radius 2 is 1.81 bits per heavy atom. The minimum atomic E-state index is -0.0881. The van der Waals surface area contributed by atoms with E-state index in [1.165, 1.54) is 4.68 Å². The van der Waals surface area contributed by atoms with Crippen LogP contribution in [0.2, 0.25) is 0 Å². The zero-order chi connectivity index (χ0) is 17.9. The smallest absolute Gasteiger partial charge is 0.266 e. The average Bonchev–Trinajstić information content (AvgIpc) is 2.67. The Hall–Kier alpha value is -2.79. The molecule has 0 amide bonds. The fraction of sp³-hybridized carbons (Fsp3) is 0.0952. The molecule has 0 aliphatic rings. The molecule has 4 rings (SSSR count). The summed E-state index contributed by atoms with van der Waals surface area (Å²) < 4.78 is 2.49. The molecule has 0 spiro atoms. The monoisotopic (exact) mass is 405 g/mol. The van der Waals surface area contributed by atoms with Crippen LogP contribution in [0.5, 0.6) is 0 Å². The molecule has 0 saturated carbocycles. The highest BCUT2D eigenvalue weighted by Crippen LogP contribution is 2.19. The van der Waals surface area contributed by atoms with Gasteiger partial charge in [-0.1, -0.05) is 36.4 Å². The van der Waals surface area contributed by atoms with Crippen molar-refractivity contribution in [2.75, 3.05) is 0 Å². The van der Waals surface area contributed by atoms with Gasteiger partial charge in [-0.15, -0.1) is 0 Å². The van der Waals surface area contributed by atoms with Crippen molar-refractivity contribution in [3.63, 3.8) is 0 Å². The maximum absolute atomic E-state index is 12.2. The second kappa shape index (κ2) is 7.22. The van der Waals surface area contributed by atoms with E-state index in [4.69, 9.17) is 0 Å². The van der Waals surface area contributed by atoms with Crippen LogP contribution in [0.25, 0.3) is 22.2 Å². The fourth-order valence-corrected chi connectivity index (χ4v) is 3.27. The summed E-state index contributed by atoms with van der Waals surface area (Å²) in [6.07, 6.45) is 2.52. The molecule has 5 heteroatoms. The van der Waals surface area contributed by atoms with E-state index >= 15 is 0 Å². The Balaban J connectivity index is 1.59. The molecule has 4 aromatic rings. The van der Waals surface area contributed by atoms with Gasteiger partial charge >= 0.3 is 0 Å². The topological polar surface area (TPSA) is 47.8 Å². The van der Waals surface area contributed by atoms with E-state index in [1.54, 1.807) is 18.3 Å². The molecule has 0 saturated heterocycles. The van der Waals surface area contributed by atoms with Gasteiger partial charge in [0.15, 0.2) is 0 Å². The highest BCUT2D eigenvalue weighted by molar-refractivity contribution is 9.10. The quantitative estimate of drug-likeness (QED) is 0.503. The maximum atomic E-state index is 12.2. The van der Waals surface area contributed by atoms with Crippen molar-refractivity contribution in [1.82, 2.24) is 14.8 Å². The summed E-state index contributed by atoms with van der Waals surface area (Å²) in [7, 11) is 0. The summed E-state index contributed by atoms with van der Waals surface area (Å²) >= 11 is 3.45.